The number of aliphatic carboxylic acids is 1. The quantitative estimate of drug-likeness (QED) is 0.924. The average Bonchev–Trinajstić information content (AvgIpc) is 2.98. The topological polar surface area (TPSA) is 66.8 Å². The number of carbonyl (C=O) groups excluding carboxylic acids is 1. The van der Waals surface area contributed by atoms with Gasteiger partial charge in [0.15, 0.2) is 17.7 Å². The fourth-order valence-electron chi connectivity index (χ4n) is 2.41. The van der Waals surface area contributed by atoms with Crippen molar-refractivity contribution in [3.05, 3.63) is 35.4 Å². The number of nitrogens with zero attached hydrogens (tertiary/aromatic N) is 1. The van der Waals surface area contributed by atoms with Gasteiger partial charge < -0.3 is 14.7 Å². The molecule has 0 aromatic heterocycles. The molecular formula is C15H17F2NO4. The minimum atomic E-state index is -1.09. The Balaban J connectivity index is 2.06. The zero-order valence-electron chi connectivity index (χ0n) is 12.3. The van der Waals surface area contributed by atoms with Crippen LogP contribution in [0.1, 0.15) is 31.4 Å². The Kier molecular flexibility index (Phi) is 4.75. The molecule has 1 fully saturated rings. The van der Waals surface area contributed by atoms with Gasteiger partial charge in [-0.05, 0) is 37.5 Å². The summed E-state index contributed by atoms with van der Waals surface area (Å²) in [5.74, 6) is -3.39. The van der Waals surface area contributed by atoms with E-state index in [9.17, 15) is 18.4 Å². The van der Waals surface area contributed by atoms with E-state index in [1.165, 1.54) is 18.0 Å². The minimum absolute atomic E-state index is 0.277. The van der Waals surface area contributed by atoms with Gasteiger partial charge in [0, 0.05) is 7.05 Å². The lowest BCUT2D eigenvalue weighted by molar-refractivity contribution is -0.155. The first-order valence-electron chi connectivity index (χ1n) is 6.91. The molecule has 2 rings (SSSR count). The van der Waals surface area contributed by atoms with Gasteiger partial charge in [-0.1, -0.05) is 6.07 Å². The minimum Gasteiger partial charge on any atom is -0.479 e. The molecule has 120 valence electrons. The number of benzene rings is 1. The number of rotatable bonds is 4. The second-order valence-electron chi connectivity index (χ2n) is 5.33. The molecule has 3 atom stereocenters. The van der Waals surface area contributed by atoms with Crippen LogP contribution in [0.25, 0.3) is 0 Å². The molecule has 1 aliphatic rings. The number of halogens is 2. The van der Waals surface area contributed by atoms with E-state index < -0.39 is 35.9 Å². The van der Waals surface area contributed by atoms with E-state index >= 15 is 0 Å². The molecule has 1 N–H and O–H groups in total. The fourth-order valence-corrected chi connectivity index (χ4v) is 2.41. The van der Waals surface area contributed by atoms with Gasteiger partial charge in [-0.3, -0.25) is 4.79 Å². The summed E-state index contributed by atoms with van der Waals surface area (Å²) in [5.41, 5.74) is 0.447. The first kappa shape index (κ1) is 16.4. The SMILES string of the molecule is CC(c1ccc(F)c(F)c1)N(C)C(=O)[C@@H]1CC[C@H](C(=O)O)O1. The lowest BCUT2D eigenvalue weighted by atomic mass is 10.1. The fraction of sp³-hybridized carbons (Fsp3) is 0.467. The van der Waals surface area contributed by atoms with Crippen molar-refractivity contribution >= 4 is 11.9 Å². The van der Waals surface area contributed by atoms with E-state index in [0.717, 1.165) is 12.1 Å². The van der Waals surface area contributed by atoms with Crippen LogP contribution in [0, 0.1) is 11.6 Å². The number of ether oxygens (including phenoxy) is 1. The molecule has 0 bridgehead atoms. The van der Waals surface area contributed by atoms with E-state index in [-0.39, 0.29) is 12.3 Å². The molecule has 22 heavy (non-hydrogen) atoms. The summed E-state index contributed by atoms with van der Waals surface area (Å²) < 4.78 is 31.4. The Labute approximate surface area is 126 Å². The Morgan fingerprint density at radius 2 is 1.91 bits per heavy atom. The van der Waals surface area contributed by atoms with Crippen molar-refractivity contribution in [1.29, 1.82) is 0 Å². The summed E-state index contributed by atoms with van der Waals surface area (Å²) >= 11 is 0. The molecule has 7 heteroatoms. The molecule has 1 unspecified atom stereocenters. The van der Waals surface area contributed by atoms with Gasteiger partial charge in [-0.15, -0.1) is 0 Å². The molecule has 1 heterocycles. The van der Waals surface area contributed by atoms with Crippen molar-refractivity contribution in [3.63, 3.8) is 0 Å². The summed E-state index contributed by atoms with van der Waals surface area (Å²) in [5, 5.41) is 8.87. The van der Waals surface area contributed by atoms with Crippen LogP contribution in [0.3, 0.4) is 0 Å². The van der Waals surface area contributed by atoms with Crippen molar-refractivity contribution in [2.75, 3.05) is 7.05 Å². The van der Waals surface area contributed by atoms with Gasteiger partial charge in [-0.2, -0.15) is 0 Å². The maximum Gasteiger partial charge on any atom is 0.332 e. The highest BCUT2D eigenvalue weighted by Crippen LogP contribution is 2.26. The molecule has 5 nitrogen and oxygen atoms in total. The highest BCUT2D eigenvalue weighted by atomic mass is 19.2. The lowest BCUT2D eigenvalue weighted by Gasteiger charge is -2.27. The Morgan fingerprint density at radius 1 is 1.27 bits per heavy atom. The molecule has 0 saturated carbocycles. The first-order chi connectivity index (χ1) is 10.3. The molecule has 1 aromatic carbocycles. The Morgan fingerprint density at radius 3 is 2.45 bits per heavy atom. The normalized spacial score (nSPS) is 22.4. The molecule has 1 aliphatic heterocycles. The molecule has 1 amide bonds. The van der Waals surface area contributed by atoms with E-state index in [4.69, 9.17) is 9.84 Å². The van der Waals surface area contributed by atoms with Crippen LogP contribution in [-0.4, -0.2) is 41.1 Å². The highest BCUT2D eigenvalue weighted by Gasteiger charge is 2.37. The highest BCUT2D eigenvalue weighted by molar-refractivity contribution is 5.82. The second kappa shape index (κ2) is 6.39. The predicted molar refractivity (Wildman–Crippen MR) is 73.1 cm³/mol. The molecular weight excluding hydrogens is 296 g/mol. The summed E-state index contributed by atoms with van der Waals surface area (Å²) in [6.45, 7) is 1.67. The maximum atomic E-state index is 13.3. The summed E-state index contributed by atoms with van der Waals surface area (Å²) in [6.07, 6.45) is -1.19. The van der Waals surface area contributed by atoms with Crippen molar-refractivity contribution in [2.24, 2.45) is 0 Å². The standard InChI is InChI=1S/C15H17F2NO4/c1-8(9-3-4-10(16)11(17)7-9)18(2)14(19)12-5-6-13(22-12)15(20)21/h3-4,7-8,12-13H,5-6H2,1-2H3,(H,20,21)/t8?,12-,13+/m0/s1. The van der Waals surface area contributed by atoms with Crippen LogP contribution < -0.4 is 0 Å². The third kappa shape index (κ3) is 3.24. The van der Waals surface area contributed by atoms with Crippen LogP contribution in [0.2, 0.25) is 0 Å². The van der Waals surface area contributed by atoms with Gasteiger partial charge in [0.1, 0.15) is 6.10 Å². The summed E-state index contributed by atoms with van der Waals surface area (Å²) in [6, 6.07) is 2.96. The van der Waals surface area contributed by atoms with E-state index in [0.29, 0.717) is 12.0 Å². The number of hydrogen-bond acceptors (Lipinski definition) is 3. The second-order valence-corrected chi connectivity index (χ2v) is 5.33. The van der Waals surface area contributed by atoms with Crippen LogP contribution in [0.15, 0.2) is 18.2 Å². The van der Waals surface area contributed by atoms with E-state index in [1.807, 2.05) is 0 Å². The van der Waals surface area contributed by atoms with Crippen LogP contribution in [-0.2, 0) is 14.3 Å². The predicted octanol–water partition coefficient (Wildman–Crippen LogP) is 2.12. The van der Waals surface area contributed by atoms with Crippen molar-refractivity contribution < 1.29 is 28.2 Å². The van der Waals surface area contributed by atoms with Crippen LogP contribution in [0.5, 0.6) is 0 Å². The van der Waals surface area contributed by atoms with Crippen molar-refractivity contribution in [2.45, 2.75) is 38.0 Å². The number of carbonyl (C=O) groups is 2. The van der Waals surface area contributed by atoms with E-state index in [2.05, 4.69) is 0 Å². The zero-order valence-corrected chi connectivity index (χ0v) is 12.3. The van der Waals surface area contributed by atoms with Crippen LogP contribution >= 0.6 is 0 Å². The Bertz CT molecular complexity index is 593. The zero-order chi connectivity index (χ0) is 16.4. The molecule has 1 aromatic rings. The number of amides is 1. The van der Waals surface area contributed by atoms with Crippen molar-refractivity contribution in [1.82, 2.24) is 4.90 Å². The van der Waals surface area contributed by atoms with Gasteiger partial charge in [0.2, 0.25) is 0 Å². The Hall–Kier alpha value is -2.02. The third-order valence-corrected chi connectivity index (χ3v) is 3.93. The maximum absolute atomic E-state index is 13.3. The number of hydrogen-bond donors (Lipinski definition) is 1. The van der Waals surface area contributed by atoms with Gasteiger partial charge in [-0.25, -0.2) is 13.6 Å². The molecule has 0 radical (unpaired) electrons. The van der Waals surface area contributed by atoms with Gasteiger partial charge >= 0.3 is 5.97 Å². The first-order valence-corrected chi connectivity index (χ1v) is 6.91. The monoisotopic (exact) mass is 313 g/mol. The van der Waals surface area contributed by atoms with Gasteiger partial charge in [0.25, 0.3) is 5.91 Å². The molecule has 0 spiro atoms. The largest absolute Gasteiger partial charge is 0.479 e. The van der Waals surface area contributed by atoms with Gasteiger partial charge in [0.05, 0.1) is 6.04 Å². The average molecular weight is 313 g/mol. The summed E-state index contributed by atoms with van der Waals surface area (Å²) in [7, 11) is 1.52. The molecule has 1 saturated heterocycles. The number of carboxylic acid groups (broad SMARTS) is 1. The van der Waals surface area contributed by atoms with Crippen molar-refractivity contribution in [3.8, 4) is 0 Å². The molecule has 0 aliphatic carbocycles. The summed E-state index contributed by atoms with van der Waals surface area (Å²) in [4.78, 5) is 24.5. The smallest absolute Gasteiger partial charge is 0.332 e. The van der Waals surface area contributed by atoms with Crippen LogP contribution in [0.4, 0.5) is 8.78 Å². The number of likely N-dealkylation sites (N-methyl/N-ethyl adjacent to an activating group) is 1. The third-order valence-electron chi connectivity index (χ3n) is 3.93. The number of carboxylic acids is 1. The lowest BCUT2D eigenvalue weighted by Crippen LogP contribution is -2.38. The van der Waals surface area contributed by atoms with E-state index in [1.54, 1.807) is 6.92 Å².